The van der Waals surface area contributed by atoms with E-state index in [1.54, 1.807) is 6.07 Å². The lowest BCUT2D eigenvalue weighted by Crippen LogP contribution is -2.13. The van der Waals surface area contributed by atoms with Gasteiger partial charge in [-0.2, -0.15) is 4.98 Å². The van der Waals surface area contributed by atoms with Crippen LogP contribution in [-0.4, -0.2) is 26.2 Å². The summed E-state index contributed by atoms with van der Waals surface area (Å²) in [6.07, 6.45) is 1.33. The van der Waals surface area contributed by atoms with E-state index in [4.69, 9.17) is 9.63 Å². The number of thioether (sulfide) groups is 1. The van der Waals surface area contributed by atoms with Crippen LogP contribution in [0.2, 0.25) is 0 Å². The Bertz CT molecular complexity index is 602. The number of carbonyl (C=O) groups is 1. The van der Waals surface area contributed by atoms with E-state index in [0.29, 0.717) is 22.5 Å². The van der Waals surface area contributed by atoms with Gasteiger partial charge in [-0.3, -0.25) is 0 Å². The first-order valence-corrected chi connectivity index (χ1v) is 7.00. The van der Waals surface area contributed by atoms with E-state index in [2.05, 4.69) is 15.1 Å². The highest BCUT2D eigenvalue weighted by molar-refractivity contribution is 7.98. The zero-order valence-corrected chi connectivity index (χ0v) is 12.3. The molecule has 106 valence electrons. The zero-order chi connectivity index (χ0) is 14.8. The largest absolute Gasteiger partial charge is 0.478 e. The van der Waals surface area contributed by atoms with Crippen LogP contribution >= 0.6 is 11.8 Å². The Hall–Kier alpha value is -1.89. The fourth-order valence-electron chi connectivity index (χ4n) is 1.35. The summed E-state index contributed by atoms with van der Waals surface area (Å²) in [6.45, 7) is 6.04. The van der Waals surface area contributed by atoms with Crippen molar-refractivity contribution in [2.24, 2.45) is 0 Å². The van der Waals surface area contributed by atoms with Gasteiger partial charge in [-0.15, -0.1) is 0 Å². The predicted octanol–water partition coefficient (Wildman–Crippen LogP) is 2.75. The van der Waals surface area contributed by atoms with Crippen LogP contribution in [0.1, 0.15) is 42.8 Å². The van der Waals surface area contributed by atoms with E-state index >= 15 is 0 Å². The quantitative estimate of drug-likeness (QED) is 0.867. The second-order valence-corrected chi connectivity index (χ2v) is 6.24. The van der Waals surface area contributed by atoms with Crippen molar-refractivity contribution >= 4 is 17.7 Å². The van der Waals surface area contributed by atoms with Crippen LogP contribution in [-0.2, 0) is 11.2 Å². The Morgan fingerprint density at radius 2 is 2.15 bits per heavy atom. The average molecular weight is 293 g/mol. The van der Waals surface area contributed by atoms with Crippen LogP contribution in [0.15, 0.2) is 27.9 Å². The molecule has 2 rings (SSSR count). The summed E-state index contributed by atoms with van der Waals surface area (Å²) >= 11 is 1.42. The zero-order valence-electron chi connectivity index (χ0n) is 11.5. The summed E-state index contributed by atoms with van der Waals surface area (Å²) in [5.41, 5.74) is 0.0236. The minimum absolute atomic E-state index is 0.145. The van der Waals surface area contributed by atoms with Crippen molar-refractivity contribution in [3.05, 3.63) is 35.6 Å². The van der Waals surface area contributed by atoms with Crippen LogP contribution in [0.25, 0.3) is 0 Å². The van der Waals surface area contributed by atoms with Gasteiger partial charge in [0.2, 0.25) is 5.89 Å². The summed E-state index contributed by atoms with van der Waals surface area (Å²) in [4.78, 5) is 19.1. The van der Waals surface area contributed by atoms with Gasteiger partial charge in [-0.25, -0.2) is 9.78 Å². The maximum atomic E-state index is 10.7. The van der Waals surface area contributed by atoms with Gasteiger partial charge in [-0.1, -0.05) is 37.7 Å². The molecule has 6 nitrogen and oxygen atoms in total. The lowest BCUT2D eigenvalue weighted by atomic mass is 9.96. The molecule has 0 aliphatic rings. The molecule has 0 bridgehead atoms. The fraction of sp³-hybridized carbons (Fsp3) is 0.385. The smallest absolute Gasteiger partial charge is 0.337 e. The van der Waals surface area contributed by atoms with Gasteiger partial charge in [0.1, 0.15) is 0 Å². The molecule has 7 heteroatoms. The van der Waals surface area contributed by atoms with E-state index in [0.717, 1.165) is 0 Å². The summed E-state index contributed by atoms with van der Waals surface area (Å²) in [6, 6.07) is 3.18. The number of carboxylic acid groups (broad SMARTS) is 1. The van der Waals surface area contributed by atoms with Crippen molar-refractivity contribution in [1.29, 1.82) is 0 Å². The third-order valence-electron chi connectivity index (χ3n) is 2.47. The highest BCUT2D eigenvalue weighted by Gasteiger charge is 2.20. The lowest BCUT2D eigenvalue weighted by molar-refractivity contribution is 0.0696. The van der Waals surface area contributed by atoms with Gasteiger partial charge in [0, 0.05) is 11.6 Å². The topological polar surface area (TPSA) is 89.1 Å². The highest BCUT2D eigenvalue weighted by Crippen LogP contribution is 2.23. The van der Waals surface area contributed by atoms with Crippen molar-refractivity contribution in [2.75, 3.05) is 0 Å². The van der Waals surface area contributed by atoms with Gasteiger partial charge in [0.25, 0.3) is 0 Å². The number of nitrogens with zero attached hydrogens (tertiary/aromatic N) is 3. The molecule has 0 fully saturated rings. The molecular formula is C13H15N3O3S. The molecule has 0 aromatic carbocycles. The Morgan fingerprint density at radius 1 is 1.40 bits per heavy atom. The van der Waals surface area contributed by atoms with Gasteiger partial charge in [0.15, 0.2) is 5.82 Å². The molecule has 1 N–H and O–H groups in total. The lowest BCUT2D eigenvalue weighted by Gasteiger charge is -2.10. The first-order chi connectivity index (χ1) is 9.36. The Labute approximate surface area is 120 Å². The number of aromatic carboxylic acids is 1. The third-order valence-corrected chi connectivity index (χ3v) is 3.39. The number of rotatable bonds is 4. The molecule has 2 aromatic heterocycles. The second-order valence-electron chi connectivity index (χ2n) is 5.24. The number of pyridine rings is 1. The van der Waals surface area contributed by atoms with Gasteiger partial charge >= 0.3 is 5.97 Å². The summed E-state index contributed by atoms with van der Waals surface area (Å²) in [5.74, 6) is 0.717. The predicted molar refractivity (Wildman–Crippen MR) is 73.8 cm³/mol. The van der Waals surface area contributed by atoms with E-state index in [-0.39, 0.29) is 11.0 Å². The van der Waals surface area contributed by atoms with Crippen molar-refractivity contribution < 1.29 is 14.4 Å². The molecule has 0 radical (unpaired) electrons. The molecule has 0 aliphatic heterocycles. The summed E-state index contributed by atoms with van der Waals surface area (Å²) in [5, 5.41) is 13.4. The molecule has 2 aromatic rings. The van der Waals surface area contributed by atoms with E-state index in [1.165, 1.54) is 24.0 Å². The Balaban J connectivity index is 1.98. The van der Waals surface area contributed by atoms with Gasteiger partial charge in [-0.05, 0) is 12.1 Å². The second kappa shape index (κ2) is 5.62. The van der Waals surface area contributed by atoms with Crippen LogP contribution < -0.4 is 0 Å². The molecule has 2 heterocycles. The fourth-order valence-corrected chi connectivity index (χ4v) is 2.03. The first-order valence-electron chi connectivity index (χ1n) is 6.01. The molecule has 0 saturated carbocycles. The number of hydrogen-bond donors (Lipinski definition) is 1. The molecule has 0 spiro atoms. The number of aromatic nitrogens is 3. The summed E-state index contributed by atoms with van der Waals surface area (Å²) in [7, 11) is 0. The average Bonchev–Trinajstić information content (AvgIpc) is 2.85. The third kappa shape index (κ3) is 3.57. The maximum absolute atomic E-state index is 10.7. The first kappa shape index (κ1) is 14.5. The molecule has 0 saturated heterocycles. The van der Waals surface area contributed by atoms with Crippen LogP contribution in [0, 0.1) is 0 Å². The van der Waals surface area contributed by atoms with Crippen LogP contribution in [0.4, 0.5) is 0 Å². The van der Waals surface area contributed by atoms with Crippen molar-refractivity contribution in [2.45, 2.75) is 37.0 Å². The molecule has 0 atom stereocenters. The molecule has 20 heavy (non-hydrogen) atoms. The summed E-state index contributed by atoms with van der Waals surface area (Å²) < 4.78 is 5.17. The standard InChI is InChI=1S/C13H15N3O3S/c1-13(2,3)12-15-9(19-16-12)7-20-10-5-4-8(6-14-10)11(17)18/h4-6H,7H2,1-3H3,(H,17,18). The van der Waals surface area contributed by atoms with Gasteiger partial charge in [0.05, 0.1) is 16.3 Å². The number of hydrogen-bond acceptors (Lipinski definition) is 6. The Kier molecular flexibility index (Phi) is 4.08. The Morgan fingerprint density at radius 3 is 2.65 bits per heavy atom. The minimum Gasteiger partial charge on any atom is -0.478 e. The highest BCUT2D eigenvalue weighted by atomic mass is 32.2. The minimum atomic E-state index is -0.985. The van der Waals surface area contributed by atoms with Crippen LogP contribution in [0.3, 0.4) is 0 Å². The van der Waals surface area contributed by atoms with Gasteiger partial charge < -0.3 is 9.63 Å². The van der Waals surface area contributed by atoms with E-state index < -0.39 is 5.97 Å². The van der Waals surface area contributed by atoms with E-state index in [9.17, 15) is 4.79 Å². The van der Waals surface area contributed by atoms with Crippen LogP contribution in [0.5, 0.6) is 0 Å². The van der Waals surface area contributed by atoms with Crippen molar-refractivity contribution in [3.63, 3.8) is 0 Å². The molecule has 0 amide bonds. The molecule has 0 unspecified atom stereocenters. The monoisotopic (exact) mass is 293 g/mol. The number of carboxylic acids is 1. The molecule has 0 aliphatic carbocycles. The maximum Gasteiger partial charge on any atom is 0.337 e. The van der Waals surface area contributed by atoms with Crippen molar-refractivity contribution in [1.82, 2.24) is 15.1 Å². The molecular weight excluding hydrogens is 278 g/mol. The van der Waals surface area contributed by atoms with Crippen molar-refractivity contribution in [3.8, 4) is 0 Å². The SMILES string of the molecule is CC(C)(C)c1noc(CSc2ccc(C(=O)O)cn2)n1. The normalized spacial score (nSPS) is 11.6. The van der Waals surface area contributed by atoms with E-state index in [1.807, 2.05) is 20.8 Å².